The first kappa shape index (κ1) is 9.95. The monoisotopic (exact) mass is 236 g/mol. The van der Waals surface area contributed by atoms with Gasteiger partial charge in [-0.25, -0.2) is 10.4 Å². The van der Waals surface area contributed by atoms with Crippen molar-refractivity contribution in [3.63, 3.8) is 0 Å². The largest absolute Gasteiger partial charge is 0.480 e. The molecule has 0 aromatic rings. The molecule has 0 spiro atoms. The summed E-state index contributed by atoms with van der Waals surface area (Å²) in [5.74, 6) is -0.771. The molecule has 70 valence electrons. The number of halogens is 1. The Labute approximate surface area is 80.0 Å². The van der Waals surface area contributed by atoms with E-state index in [1.54, 1.807) is 0 Å². The Morgan fingerprint density at radius 1 is 1.75 bits per heavy atom. The van der Waals surface area contributed by atoms with E-state index >= 15 is 0 Å². The number of nitrogens with zero attached hydrogens (tertiary/aromatic N) is 1. The van der Waals surface area contributed by atoms with Crippen molar-refractivity contribution in [3.05, 3.63) is 0 Å². The van der Waals surface area contributed by atoms with Crippen molar-refractivity contribution in [2.75, 3.05) is 6.54 Å². The Bertz CT molecular complexity index is 177. The highest BCUT2D eigenvalue weighted by molar-refractivity contribution is 9.09. The van der Waals surface area contributed by atoms with Crippen LogP contribution in [0.15, 0.2) is 0 Å². The summed E-state index contributed by atoms with van der Waals surface area (Å²) in [4.78, 5) is 10.9. The Morgan fingerprint density at radius 2 is 2.42 bits per heavy atom. The van der Waals surface area contributed by atoms with Gasteiger partial charge in [-0.15, -0.1) is 0 Å². The molecule has 4 nitrogen and oxygen atoms in total. The lowest BCUT2D eigenvalue weighted by atomic mass is 10.1. The highest BCUT2D eigenvalue weighted by Gasteiger charge is 2.28. The van der Waals surface area contributed by atoms with Gasteiger partial charge in [-0.1, -0.05) is 22.9 Å². The van der Waals surface area contributed by atoms with Gasteiger partial charge in [-0.3, -0.25) is 4.79 Å². The van der Waals surface area contributed by atoms with Gasteiger partial charge in [0.2, 0.25) is 0 Å². The average molecular weight is 237 g/mol. The van der Waals surface area contributed by atoms with Crippen LogP contribution < -0.4 is 5.43 Å². The SMILES string of the molecule is CCN1NC(C(=O)O)CCC1Br. The van der Waals surface area contributed by atoms with Gasteiger partial charge < -0.3 is 5.11 Å². The van der Waals surface area contributed by atoms with Crippen molar-refractivity contribution in [1.82, 2.24) is 10.4 Å². The minimum atomic E-state index is -0.771. The Morgan fingerprint density at radius 3 is 2.92 bits per heavy atom. The predicted molar refractivity (Wildman–Crippen MR) is 48.9 cm³/mol. The maximum Gasteiger partial charge on any atom is 0.322 e. The fourth-order valence-corrected chi connectivity index (χ4v) is 1.95. The second-order valence-corrected chi connectivity index (χ2v) is 3.87. The first-order chi connectivity index (χ1) is 5.65. The van der Waals surface area contributed by atoms with Crippen molar-refractivity contribution in [2.24, 2.45) is 0 Å². The van der Waals surface area contributed by atoms with Crippen LogP contribution in [0.3, 0.4) is 0 Å². The standard InChI is InChI=1S/C7H13BrN2O2/c1-2-10-6(8)4-3-5(9-10)7(11)12/h5-6,9H,2-4H2,1H3,(H,11,12). The summed E-state index contributed by atoms with van der Waals surface area (Å²) in [7, 11) is 0. The number of alkyl halides is 1. The van der Waals surface area contributed by atoms with Gasteiger partial charge in [0.1, 0.15) is 6.04 Å². The van der Waals surface area contributed by atoms with E-state index in [0.29, 0.717) is 6.42 Å². The van der Waals surface area contributed by atoms with Crippen LogP contribution in [0, 0.1) is 0 Å². The fraction of sp³-hybridized carbons (Fsp3) is 0.857. The fourth-order valence-electron chi connectivity index (χ4n) is 1.27. The van der Waals surface area contributed by atoms with Crippen LogP contribution in [0.25, 0.3) is 0 Å². The van der Waals surface area contributed by atoms with Crippen LogP contribution in [0.5, 0.6) is 0 Å². The van der Waals surface area contributed by atoms with Crippen molar-refractivity contribution >= 4 is 21.9 Å². The molecule has 2 N–H and O–H groups in total. The summed E-state index contributed by atoms with van der Waals surface area (Å²) < 4.78 is 0. The van der Waals surface area contributed by atoms with Crippen molar-refractivity contribution in [1.29, 1.82) is 0 Å². The van der Waals surface area contributed by atoms with Crippen LogP contribution in [0.4, 0.5) is 0 Å². The van der Waals surface area contributed by atoms with Gasteiger partial charge in [-0.05, 0) is 12.8 Å². The van der Waals surface area contributed by atoms with E-state index in [9.17, 15) is 4.79 Å². The zero-order valence-electron chi connectivity index (χ0n) is 6.96. The third-order valence-corrected chi connectivity index (χ3v) is 2.94. The van der Waals surface area contributed by atoms with Crippen LogP contribution >= 0.6 is 15.9 Å². The molecule has 1 aliphatic heterocycles. The molecule has 1 heterocycles. The summed E-state index contributed by atoms with van der Waals surface area (Å²) in [5, 5.41) is 10.6. The first-order valence-corrected chi connectivity index (χ1v) is 4.96. The van der Waals surface area contributed by atoms with Crippen molar-refractivity contribution in [2.45, 2.75) is 30.8 Å². The normalized spacial score (nSPS) is 31.8. The molecular formula is C7H13BrN2O2. The zero-order valence-corrected chi connectivity index (χ0v) is 8.54. The molecule has 0 aliphatic carbocycles. The average Bonchev–Trinajstić information content (AvgIpc) is 2.05. The number of carboxylic acids is 1. The number of carboxylic acid groups (broad SMARTS) is 1. The van der Waals surface area contributed by atoms with Gasteiger partial charge >= 0.3 is 5.97 Å². The van der Waals surface area contributed by atoms with E-state index < -0.39 is 12.0 Å². The molecule has 5 heteroatoms. The van der Waals surface area contributed by atoms with Crippen molar-refractivity contribution < 1.29 is 9.90 Å². The molecule has 0 aromatic heterocycles. The number of hydrogen-bond acceptors (Lipinski definition) is 3. The molecule has 0 bridgehead atoms. The van der Waals surface area contributed by atoms with Gasteiger partial charge in [-0.2, -0.15) is 0 Å². The Kier molecular flexibility index (Phi) is 3.49. The molecule has 2 unspecified atom stereocenters. The third-order valence-electron chi connectivity index (χ3n) is 1.99. The van der Waals surface area contributed by atoms with Crippen LogP contribution in [0.2, 0.25) is 0 Å². The van der Waals surface area contributed by atoms with Gasteiger partial charge in [0.05, 0.1) is 4.95 Å². The molecule has 0 radical (unpaired) electrons. The van der Waals surface area contributed by atoms with E-state index in [2.05, 4.69) is 21.4 Å². The quantitative estimate of drug-likeness (QED) is 0.550. The second-order valence-electron chi connectivity index (χ2n) is 2.82. The number of carbonyl (C=O) groups is 1. The molecule has 1 fully saturated rings. The summed E-state index contributed by atoms with van der Waals surface area (Å²) in [6, 6.07) is -0.418. The highest BCUT2D eigenvalue weighted by atomic mass is 79.9. The summed E-state index contributed by atoms with van der Waals surface area (Å²) >= 11 is 3.46. The minimum absolute atomic E-state index is 0.262. The van der Waals surface area contributed by atoms with E-state index in [0.717, 1.165) is 13.0 Å². The van der Waals surface area contributed by atoms with E-state index in [-0.39, 0.29) is 4.95 Å². The zero-order chi connectivity index (χ0) is 9.14. The molecule has 1 aliphatic rings. The maximum atomic E-state index is 10.6. The lowest BCUT2D eigenvalue weighted by Crippen LogP contribution is -2.55. The van der Waals surface area contributed by atoms with E-state index in [1.807, 2.05) is 11.9 Å². The summed E-state index contributed by atoms with van der Waals surface area (Å²) in [5.41, 5.74) is 2.94. The molecule has 0 saturated carbocycles. The number of hydrogen-bond donors (Lipinski definition) is 2. The van der Waals surface area contributed by atoms with E-state index in [1.165, 1.54) is 0 Å². The second kappa shape index (κ2) is 4.20. The molecule has 1 rings (SSSR count). The van der Waals surface area contributed by atoms with Gasteiger partial charge in [0.15, 0.2) is 0 Å². The lowest BCUT2D eigenvalue weighted by Gasteiger charge is -2.35. The van der Waals surface area contributed by atoms with Gasteiger partial charge in [0, 0.05) is 6.54 Å². The number of aliphatic carboxylic acids is 1. The topological polar surface area (TPSA) is 52.6 Å². The predicted octanol–water partition coefficient (Wildman–Crippen LogP) is 0.781. The highest BCUT2D eigenvalue weighted by Crippen LogP contribution is 2.18. The lowest BCUT2D eigenvalue weighted by molar-refractivity contribution is -0.142. The molecular weight excluding hydrogens is 224 g/mol. The smallest absolute Gasteiger partial charge is 0.322 e. The Hall–Kier alpha value is -0.130. The first-order valence-electron chi connectivity index (χ1n) is 4.04. The number of hydrazine groups is 1. The number of nitrogens with one attached hydrogen (secondary N) is 1. The van der Waals surface area contributed by atoms with Crippen molar-refractivity contribution in [3.8, 4) is 0 Å². The molecule has 0 aromatic carbocycles. The number of rotatable bonds is 2. The minimum Gasteiger partial charge on any atom is -0.480 e. The maximum absolute atomic E-state index is 10.6. The molecule has 1 saturated heterocycles. The molecule has 12 heavy (non-hydrogen) atoms. The summed E-state index contributed by atoms with van der Waals surface area (Å²) in [6.07, 6.45) is 1.56. The van der Waals surface area contributed by atoms with Crippen LogP contribution in [-0.2, 0) is 4.79 Å². The van der Waals surface area contributed by atoms with Crippen LogP contribution in [-0.4, -0.2) is 33.6 Å². The van der Waals surface area contributed by atoms with Crippen LogP contribution in [0.1, 0.15) is 19.8 Å². The third kappa shape index (κ3) is 2.18. The van der Waals surface area contributed by atoms with Gasteiger partial charge in [0.25, 0.3) is 0 Å². The molecule has 0 amide bonds. The summed E-state index contributed by atoms with van der Waals surface area (Å²) in [6.45, 7) is 2.80. The molecule has 2 atom stereocenters. The van der Waals surface area contributed by atoms with E-state index in [4.69, 9.17) is 5.11 Å². The Balaban J connectivity index is 2.49.